The van der Waals surface area contributed by atoms with Gasteiger partial charge in [0.25, 0.3) is 0 Å². The number of hydrogen-bond acceptors (Lipinski definition) is 3. The summed E-state index contributed by atoms with van der Waals surface area (Å²) in [4.78, 5) is 40.1. The summed E-state index contributed by atoms with van der Waals surface area (Å²) in [5.41, 5.74) is -0.521. The van der Waals surface area contributed by atoms with Gasteiger partial charge in [-0.3, -0.25) is 14.4 Å². The lowest BCUT2D eigenvalue weighted by atomic mass is 9.77. The molecule has 1 saturated carbocycles. The van der Waals surface area contributed by atoms with Gasteiger partial charge >= 0.3 is 5.97 Å². The second-order valence-corrected chi connectivity index (χ2v) is 7.95. The fourth-order valence-electron chi connectivity index (χ4n) is 4.57. The number of aliphatic carboxylic acids is 1. The van der Waals surface area contributed by atoms with Crippen LogP contribution in [0, 0.1) is 11.7 Å². The fraction of sp³-hybridized carbons (Fsp3) is 0.571. The highest BCUT2D eigenvalue weighted by molar-refractivity contribution is 5.92. The molecule has 1 aromatic carbocycles. The van der Waals surface area contributed by atoms with Crippen LogP contribution in [0.25, 0.3) is 0 Å². The summed E-state index contributed by atoms with van der Waals surface area (Å²) in [5.74, 6) is -2.35. The van der Waals surface area contributed by atoms with Crippen LogP contribution in [0.3, 0.4) is 0 Å². The van der Waals surface area contributed by atoms with Gasteiger partial charge in [0.05, 0.1) is 17.9 Å². The van der Waals surface area contributed by atoms with Gasteiger partial charge in [-0.05, 0) is 31.7 Å². The van der Waals surface area contributed by atoms with Gasteiger partial charge in [-0.1, -0.05) is 31.0 Å². The van der Waals surface area contributed by atoms with E-state index >= 15 is 0 Å². The van der Waals surface area contributed by atoms with Crippen LogP contribution in [0.2, 0.25) is 0 Å². The Morgan fingerprint density at radius 1 is 1.21 bits per heavy atom. The minimum atomic E-state index is -0.925. The van der Waals surface area contributed by atoms with E-state index in [2.05, 4.69) is 0 Å². The molecule has 1 aliphatic heterocycles. The number of carbonyl (C=O) groups is 3. The van der Waals surface area contributed by atoms with E-state index in [0.717, 1.165) is 12.8 Å². The Morgan fingerprint density at radius 2 is 1.89 bits per heavy atom. The minimum absolute atomic E-state index is 0.124. The van der Waals surface area contributed by atoms with Gasteiger partial charge in [-0.15, -0.1) is 0 Å². The molecule has 0 radical (unpaired) electrons. The van der Waals surface area contributed by atoms with Crippen LogP contribution in [0.4, 0.5) is 4.39 Å². The standard InChI is InChI=1S/C21H27FN2O4/c1-23(14-18(25)24-12-6-7-15(13-24)19(26)27)20(28)21(10-4-5-11-21)16-8-2-3-9-17(16)22/h2-3,8-9,15H,4-7,10-14H2,1H3,(H,26,27). The number of piperidine rings is 1. The number of benzene rings is 1. The summed E-state index contributed by atoms with van der Waals surface area (Å²) < 4.78 is 14.5. The number of nitrogens with zero attached hydrogens (tertiary/aromatic N) is 2. The van der Waals surface area contributed by atoms with Gasteiger partial charge in [0.2, 0.25) is 11.8 Å². The Hall–Kier alpha value is -2.44. The number of likely N-dealkylation sites (N-methyl/N-ethyl adjacent to an activating group) is 1. The molecule has 1 N–H and O–H groups in total. The summed E-state index contributed by atoms with van der Waals surface area (Å²) in [6.45, 7) is 0.555. The van der Waals surface area contributed by atoms with Crippen molar-refractivity contribution in [2.75, 3.05) is 26.7 Å². The van der Waals surface area contributed by atoms with Gasteiger partial charge in [0, 0.05) is 25.7 Å². The highest BCUT2D eigenvalue weighted by Gasteiger charge is 2.46. The fourth-order valence-corrected chi connectivity index (χ4v) is 4.57. The molecular formula is C21H27FN2O4. The van der Waals surface area contributed by atoms with Gasteiger partial charge in [-0.25, -0.2) is 4.39 Å². The van der Waals surface area contributed by atoms with E-state index in [1.165, 1.54) is 15.9 Å². The number of carboxylic acids is 1. The molecule has 2 fully saturated rings. The molecule has 1 atom stereocenters. The maximum atomic E-state index is 14.5. The van der Waals surface area contributed by atoms with E-state index in [4.69, 9.17) is 0 Å². The molecule has 0 aromatic heterocycles. The van der Waals surface area contributed by atoms with Crippen LogP contribution in [-0.4, -0.2) is 59.4 Å². The molecule has 28 heavy (non-hydrogen) atoms. The topological polar surface area (TPSA) is 77.9 Å². The first-order valence-electron chi connectivity index (χ1n) is 9.86. The van der Waals surface area contributed by atoms with Crippen LogP contribution >= 0.6 is 0 Å². The number of amides is 2. The summed E-state index contributed by atoms with van der Waals surface area (Å²) in [5, 5.41) is 9.20. The molecular weight excluding hydrogens is 363 g/mol. The third kappa shape index (κ3) is 3.88. The predicted octanol–water partition coefficient (Wildman–Crippen LogP) is 2.42. The smallest absolute Gasteiger partial charge is 0.308 e. The Bertz CT molecular complexity index is 761. The van der Waals surface area contributed by atoms with Crippen molar-refractivity contribution in [2.24, 2.45) is 5.92 Å². The molecule has 1 heterocycles. The molecule has 2 aliphatic rings. The zero-order valence-electron chi connectivity index (χ0n) is 16.2. The monoisotopic (exact) mass is 390 g/mol. The number of carbonyl (C=O) groups excluding carboxylic acids is 2. The van der Waals surface area contributed by atoms with E-state index < -0.39 is 23.1 Å². The molecule has 1 saturated heterocycles. The van der Waals surface area contributed by atoms with E-state index in [1.54, 1.807) is 25.2 Å². The third-order valence-corrected chi connectivity index (χ3v) is 6.10. The summed E-state index contributed by atoms with van der Waals surface area (Å²) in [7, 11) is 1.57. The highest BCUT2D eigenvalue weighted by Crippen LogP contribution is 2.43. The van der Waals surface area contributed by atoms with Crippen molar-refractivity contribution in [2.45, 2.75) is 43.9 Å². The third-order valence-electron chi connectivity index (χ3n) is 6.10. The first-order valence-corrected chi connectivity index (χ1v) is 9.86. The molecule has 0 bridgehead atoms. The van der Waals surface area contributed by atoms with E-state index in [9.17, 15) is 23.9 Å². The molecule has 7 heteroatoms. The van der Waals surface area contributed by atoms with E-state index in [0.29, 0.717) is 37.8 Å². The number of carboxylic acid groups (broad SMARTS) is 1. The summed E-state index contributed by atoms with van der Waals surface area (Å²) >= 11 is 0. The summed E-state index contributed by atoms with van der Waals surface area (Å²) in [6.07, 6.45) is 4.01. The Labute approximate surface area is 164 Å². The highest BCUT2D eigenvalue weighted by atomic mass is 19.1. The van der Waals surface area contributed by atoms with Crippen molar-refractivity contribution < 1.29 is 23.9 Å². The molecule has 1 aromatic rings. The first kappa shape index (κ1) is 20.3. The maximum absolute atomic E-state index is 14.5. The Balaban J connectivity index is 1.73. The van der Waals surface area contributed by atoms with Gasteiger partial charge in [-0.2, -0.15) is 0 Å². The molecule has 1 aliphatic carbocycles. The van der Waals surface area contributed by atoms with Crippen molar-refractivity contribution in [3.8, 4) is 0 Å². The molecule has 6 nitrogen and oxygen atoms in total. The van der Waals surface area contributed by atoms with Crippen LogP contribution in [-0.2, 0) is 19.8 Å². The van der Waals surface area contributed by atoms with E-state index in [-0.39, 0.29) is 24.9 Å². The second-order valence-electron chi connectivity index (χ2n) is 7.95. The average Bonchev–Trinajstić information content (AvgIpc) is 3.18. The van der Waals surface area contributed by atoms with Crippen molar-refractivity contribution in [3.63, 3.8) is 0 Å². The second kappa shape index (κ2) is 8.29. The number of rotatable bonds is 5. The number of likely N-dealkylation sites (tertiary alicyclic amines) is 1. The predicted molar refractivity (Wildman–Crippen MR) is 101 cm³/mol. The number of halogens is 1. The van der Waals surface area contributed by atoms with Gasteiger partial charge in [0.15, 0.2) is 0 Å². The van der Waals surface area contributed by atoms with Crippen LogP contribution in [0.5, 0.6) is 0 Å². The SMILES string of the molecule is CN(CC(=O)N1CCCC(C(=O)O)C1)C(=O)C1(c2ccccc2F)CCCC1. The minimum Gasteiger partial charge on any atom is -0.481 e. The summed E-state index contributed by atoms with van der Waals surface area (Å²) in [6, 6.07) is 6.37. The quantitative estimate of drug-likeness (QED) is 0.838. The van der Waals surface area contributed by atoms with Crippen molar-refractivity contribution >= 4 is 17.8 Å². The van der Waals surface area contributed by atoms with Gasteiger partial charge < -0.3 is 14.9 Å². The maximum Gasteiger partial charge on any atom is 0.308 e. The van der Waals surface area contributed by atoms with Crippen molar-refractivity contribution in [1.29, 1.82) is 0 Å². The average molecular weight is 390 g/mol. The largest absolute Gasteiger partial charge is 0.481 e. The van der Waals surface area contributed by atoms with Crippen LogP contribution in [0.15, 0.2) is 24.3 Å². The Kier molecular flexibility index (Phi) is 6.01. The van der Waals surface area contributed by atoms with Crippen molar-refractivity contribution in [3.05, 3.63) is 35.6 Å². The van der Waals surface area contributed by atoms with E-state index in [1.807, 2.05) is 0 Å². The molecule has 1 unspecified atom stereocenters. The lowest BCUT2D eigenvalue weighted by Crippen LogP contribution is -2.50. The zero-order chi connectivity index (χ0) is 20.3. The molecule has 152 valence electrons. The normalized spacial score (nSPS) is 21.4. The van der Waals surface area contributed by atoms with Crippen LogP contribution in [0.1, 0.15) is 44.1 Å². The lowest BCUT2D eigenvalue weighted by Gasteiger charge is -2.35. The van der Waals surface area contributed by atoms with Crippen molar-refractivity contribution in [1.82, 2.24) is 9.80 Å². The Morgan fingerprint density at radius 3 is 2.54 bits per heavy atom. The lowest BCUT2D eigenvalue weighted by molar-refractivity contribution is -0.148. The molecule has 2 amide bonds. The number of hydrogen-bond donors (Lipinski definition) is 1. The zero-order valence-corrected chi connectivity index (χ0v) is 16.2. The van der Waals surface area contributed by atoms with Gasteiger partial charge in [0.1, 0.15) is 5.82 Å². The molecule has 3 rings (SSSR count). The molecule has 0 spiro atoms. The van der Waals surface area contributed by atoms with Crippen LogP contribution < -0.4 is 0 Å². The first-order chi connectivity index (χ1) is 13.3.